The Hall–Kier alpha value is -0.340. The molecule has 3 rings (SSSR count). The maximum absolute atomic E-state index is 2.65. The third-order valence-corrected chi connectivity index (χ3v) is 5.13. The Kier molecular flexibility index (Phi) is 3.30. The second-order valence-corrected chi connectivity index (χ2v) is 6.17. The number of aryl methyl sites for hydroxylation is 1. The van der Waals surface area contributed by atoms with Crippen molar-refractivity contribution in [3.63, 3.8) is 0 Å². The van der Waals surface area contributed by atoms with Crippen molar-refractivity contribution in [1.29, 1.82) is 0 Å². The number of nitrogens with zero attached hydrogens (tertiary/aromatic N) is 1. The Morgan fingerprint density at radius 3 is 2.69 bits per heavy atom. The van der Waals surface area contributed by atoms with Gasteiger partial charge in [-0.25, -0.2) is 0 Å². The van der Waals surface area contributed by atoms with Crippen LogP contribution in [-0.2, 0) is 19.4 Å². The molecular weight excluding hydrogens is 214 g/mol. The fourth-order valence-corrected chi connectivity index (χ4v) is 4.19. The Labute approximate surface area is 102 Å². The molecule has 1 saturated heterocycles. The van der Waals surface area contributed by atoms with Gasteiger partial charge in [-0.15, -0.1) is 11.3 Å². The topological polar surface area (TPSA) is 3.24 Å². The summed E-state index contributed by atoms with van der Waals surface area (Å²) in [6.45, 7) is 3.88. The van der Waals surface area contributed by atoms with Crippen molar-refractivity contribution < 1.29 is 0 Å². The van der Waals surface area contributed by atoms with E-state index in [1.807, 2.05) is 11.3 Å². The van der Waals surface area contributed by atoms with E-state index >= 15 is 0 Å². The maximum Gasteiger partial charge on any atom is 0.0244 e. The molecule has 0 saturated carbocycles. The van der Waals surface area contributed by atoms with Gasteiger partial charge >= 0.3 is 0 Å². The van der Waals surface area contributed by atoms with Crippen molar-refractivity contribution in [2.45, 2.75) is 51.5 Å². The summed E-state index contributed by atoms with van der Waals surface area (Å²) < 4.78 is 0. The van der Waals surface area contributed by atoms with Crippen LogP contribution in [0.3, 0.4) is 0 Å². The van der Waals surface area contributed by atoms with E-state index < -0.39 is 0 Å². The summed E-state index contributed by atoms with van der Waals surface area (Å²) in [4.78, 5) is 4.35. The highest BCUT2D eigenvalue weighted by Gasteiger charge is 2.18. The Morgan fingerprint density at radius 2 is 1.81 bits per heavy atom. The summed E-state index contributed by atoms with van der Waals surface area (Å²) in [5.74, 6) is 0. The van der Waals surface area contributed by atoms with Gasteiger partial charge in [0, 0.05) is 11.4 Å². The molecule has 1 fully saturated rings. The summed E-state index contributed by atoms with van der Waals surface area (Å²) in [6, 6.07) is 0. The van der Waals surface area contributed by atoms with Gasteiger partial charge < -0.3 is 0 Å². The molecule has 16 heavy (non-hydrogen) atoms. The smallest absolute Gasteiger partial charge is 0.0244 e. The molecule has 1 aliphatic heterocycles. The number of fused-ring (bicyclic) bond motifs is 1. The van der Waals surface area contributed by atoms with Crippen LogP contribution in [0.25, 0.3) is 0 Å². The third-order valence-electron chi connectivity index (χ3n) is 3.99. The molecule has 0 unspecified atom stereocenters. The van der Waals surface area contributed by atoms with Gasteiger partial charge in [-0.05, 0) is 68.1 Å². The lowest BCUT2D eigenvalue weighted by Crippen LogP contribution is -2.29. The van der Waals surface area contributed by atoms with E-state index in [2.05, 4.69) is 10.3 Å². The van der Waals surface area contributed by atoms with Gasteiger partial charge in [0.15, 0.2) is 0 Å². The van der Waals surface area contributed by atoms with Gasteiger partial charge in [0.25, 0.3) is 0 Å². The van der Waals surface area contributed by atoms with Crippen molar-refractivity contribution in [2.24, 2.45) is 0 Å². The molecule has 0 spiro atoms. The molecule has 0 N–H and O–H groups in total. The minimum Gasteiger partial charge on any atom is -0.299 e. The van der Waals surface area contributed by atoms with Crippen LogP contribution >= 0.6 is 11.3 Å². The third kappa shape index (κ3) is 2.18. The monoisotopic (exact) mass is 235 g/mol. The van der Waals surface area contributed by atoms with E-state index in [4.69, 9.17) is 0 Å². The first-order valence-electron chi connectivity index (χ1n) is 6.74. The molecule has 0 amide bonds. The second-order valence-electron chi connectivity index (χ2n) is 5.21. The highest BCUT2D eigenvalue weighted by atomic mass is 32.1. The summed E-state index contributed by atoms with van der Waals surface area (Å²) in [7, 11) is 0. The summed E-state index contributed by atoms with van der Waals surface area (Å²) in [6.07, 6.45) is 9.78. The van der Waals surface area contributed by atoms with E-state index in [0.717, 1.165) is 0 Å². The second kappa shape index (κ2) is 4.89. The molecule has 0 aromatic carbocycles. The van der Waals surface area contributed by atoms with Gasteiger partial charge in [-0.3, -0.25) is 4.90 Å². The van der Waals surface area contributed by atoms with Crippen LogP contribution in [0.15, 0.2) is 5.38 Å². The van der Waals surface area contributed by atoms with Gasteiger partial charge in [0.1, 0.15) is 0 Å². The summed E-state index contributed by atoms with van der Waals surface area (Å²) in [5, 5.41) is 2.44. The molecule has 1 nitrogen and oxygen atoms in total. The molecule has 1 aromatic heterocycles. The van der Waals surface area contributed by atoms with Crippen LogP contribution in [0.1, 0.15) is 48.1 Å². The van der Waals surface area contributed by atoms with E-state index in [9.17, 15) is 0 Å². The van der Waals surface area contributed by atoms with Crippen LogP contribution in [0.2, 0.25) is 0 Å². The maximum atomic E-state index is 2.65. The zero-order chi connectivity index (χ0) is 10.8. The highest BCUT2D eigenvalue weighted by molar-refractivity contribution is 7.10. The summed E-state index contributed by atoms with van der Waals surface area (Å²) in [5.41, 5.74) is 3.38. The minimum absolute atomic E-state index is 1.23. The average Bonchev–Trinajstić information content (AvgIpc) is 2.74. The van der Waals surface area contributed by atoms with E-state index in [1.165, 1.54) is 64.6 Å². The van der Waals surface area contributed by atoms with Gasteiger partial charge in [0.05, 0.1) is 0 Å². The normalized spacial score (nSPS) is 22.0. The lowest BCUT2D eigenvalue weighted by atomic mass is 9.95. The molecule has 0 atom stereocenters. The molecular formula is C14H21NS. The molecule has 2 aliphatic rings. The molecule has 88 valence electrons. The number of thiophene rings is 1. The molecule has 1 aromatic rings. The first-order valence-corrected chi connectivity index (χ1v) is 7.62. The summed E-state index contributed by atoms with van der Waals surface area (Å²) >= 11 is 2.01. The fraction of sp³-hybridized carbons (Fsp3) is 0.714. The highest BCUT2D eigenvalue weighted by Crippen LogP contribution is 2.31. The Balaban J connectivity index is 1.71. The first-order chi connectivity index (χ1) is 7.93. The van der Waals surface area contributed by atoms with E-state index in [0.29, 0.717) is 0 Å². The van der Waals surface area contributed by atoms with Crippen molar-refractivity contribution >= 4 is 11.3 Å². The Morgan fingerprint density at radius 1 is 1.00 bits per heavy atom. The largest absolute Gasteiger partial charge is 0.299 e. The molecule has 2 heterocycles. The van der Waals surface area contributed by atoms with Crippen LogP contribution in [0.5, 0.6) is 0 Å². The molecule has 0 bridgehead atoms. The number of rotatable bonds is 2. The zero-order valence-electron chi connectivity index (χ0n) is 10.0. The van der Waals surface area contributed by atoms with Crippen LogP contribution in [0.4, 0.5) is 0 Å². The van der Waals surface area contributed by atoms with Gasteiger partial charge in [-0.1, -0.05) is 6.42 Å². The lowest BCUT2D eigenvalue weighted by Gasteiger charge is -2.27. The first kappa shape index (κ1) is 10.8. The fourth-order valence-electron chi connectivity index (χ4n) is 3.05. The van der Waals surface area contributed by atoms with E-state index in [1.54, 1.807) is 16.0 Å². The number of hydrogen-bond acceptors (Lipinski definition) is 2. The number of piperidine rings is 1. The van der Waals surface area contributed by atoms with Gasteiger partial charge in [0.2, 0.25) is 0 Å². The van der Waals surface area contributed by atoms with Crippen LogP contribution < -0.4 is 0 Å². The predicted octanol–water partition coefficient (Wildman–Crippen LogP) is 3.61. The molecule has 1 aliphatic carbocycles. The van der Waals surface area contributed by atoms with Crippen molar-refractivity contribution in [3.8, 4) is 0 Å². The average molecular weight is 235 g/mol. The molecule has 2 heteroatoms. The number of likely N-dealkylation sites (tertiary alicyclic amines) is 1. The Bertz CT molecular complexity index is 350. The quantitative estimate of drug-likeness (QED) is 0.757. The lowest BCUT2D eigenvalue weighted by molar-refractivity contribution is 0.220. The van der Waals surface area contributed by atoms with E-state index in [-0.39, 0.29) is 0 Å². The standard InChI is InChI=1S/C14H21NS/c1-4-8-15(9-5-1)10-12-11-16-14-7-3-2-6-13(12)14/h11H,1-10H2. The zero-order valence-corrected chi connectivity index (χ0v) is 10.8. The molecule has 0 radical (unpaired) electrons. The van der Waals surface area contributed by atoms with Crippen LogP contribution in [-0.4, -0.2) is 18.0 Å². The van der Waals surface area contributed by atoms with Crippen LogP contribution in [0, 0.1) is 0 Å². The van der Waals surface area contributed by atoms with Crippen molar-refractivity contribution in [2.75, 3.05) is 13.1 Å². The SMILES string of the molecule is c1sc2c(c1CN1CCCCC1)CCCC2. The van der Waals surface area contributed by atoms with Crippen molar-refractivity contribution in [1.82, 2.24) is 4.90 Å². The van der Waals surface area contributed by atoms with Crippen molar-refractivity contribution in [3.05, 3.63) is 21.4 Å². The van der Waals surface area contributed by atoms with Gasteiger partial charge in [-0.2, -0.15) is 0 Å². The number of hydrogen-bond donors (Lipinski definition) is 0. The predicted molar refractivity (Wildman–Crippen MR) is 70.1 cm³/mol. The minimum atomic E-state index is 1.23.